The smallest absolute Gasteiger partial charge is 0.236 e. The molecular formula is C10H10FN4. The molecule has 1 aliphatic rings. The van der Waals surface area contributed by atoms with Crippen LogP contribution in [0.25, 0.3) is 0 Å². The van der Waals surface area contributed by atoms with Gasteiger partial charge in [0.05, 0.1) is 6.20 Å². The fourth-order valence-electron chi connectivity index (χ4n) is 1.14. The van der Waals surface area contributed by atoms with Gasteiger partial charge >= 0.3 is 0 Å². The molecule has 15 heavy (non-hydrogen) atoms. The molecule has 0 unspecified atom stereocenters. The summed E-state index contributed by atoms with van der Waals surface area (Å²) in [6.45, 7) is 0.562. The zero-order chi connectivity index (χ0) is 10.5. The molecule has 0 fully saturated rings. The summed E-state index contributed by atoms with van der Waals surface area (Å²) in [7, 11) is 0. The summed E-state index contributed by atoms with van der Waals surface area (Å²) in [6, 6.07) is 9.76. The molecular weight excluding hydrogens is 195 g/mol. The van der Waals surface area contributed by atoms with Crippen molar-refractivity contribution in [3.05, 3.63) is 48.2 Å². The second kappa shape index (κ2) is 4.56. The van der Waals surface area contributed by atoms with Gasteiger partial charge in [0.1, 0.15) is 0 Å². The van der Waals surface area contributed by atoms with Crippen molar-refractivity contribution in [2.75, 3.05) is 0 Å². The zero-order valence-electron chi connectivity index (χ0n) is 7.94. The summed E-state index contributed by atoms with van der Waals surface area (Å²) in [5.41, 5.74) is 6.58. The average molecular weight is 205 g/mol. The monoisotopic (exact) mass is 205 g/mol. The van der Waals surface area contributed by atoms with Crippen LogP contribution in [0.3, 0.4) is 0 Å². The van der Waals surface area contributed by atoms with Crippen LogP contribution >= 0.6 is 0 Å². The molecule has 2 rings (SSSR count). The van der Waals surface area contributed by atoms with E-state index in [0.717, 1.165) is 11.6 Å². The van der Waals surface area contributed by atoms with Gasteiger partial charge in [-0.25, -0.2) is 0 Å². The first kappa shape index (κ1) is 9.67. The second-order valence-corrected chi connectivity index (χ2v) is 2.96. The largest absolute Gasteiger partial charge is 0.265 e. The Labute approximate surface area is 87.0 Å². The van der Waals surface area contributed by atoms with Crippen LogP contribution in [0.4, 0.5) is 4.39 Å². The third-order valence-electron chi connectivity index (χ3n) is 1.83. The first-order chi connectivity index (χ1) is 7.34. The van der Waals surface area contributed by atoms with E-state index in [1.165, 1.54) is 5.23 Å². The minimum absolute atomic E-state index is 0.562. The molecule has 2 N–H and O–H groups in total. The van der Waals surface area contributed by atoms with Crippen LogP contribution in [0.5, 0.6) is 0 Å². The predicted molar refractivity (Wildman–Crippen MR) is 54.6 cm³/mol. The van der Waals surface area contributed by atoms with Gasteiger partial charge in [-0.1, -0.05) is 30.3 Å². The molecule has 1 aromatic rings. The summed E-state index contributed by atoms with van der Waals surface area (Å²) in [5, 5.41) is 4.72. The number of hydrogen-bond acceptors (Lipinski definition) is 4. The quantitative estimate of drug-likeness (QED) is 0.776. The lowest BCUT2D eigenvalue weighted by atomic mass is 10.2. The van der Waals surface area contributed by atoms with E-state index >= 15 is 0 Å². The van der Waals surface area contributed by atoms with Crippen LogP contribution in [-0.4, -0.2) is 11.2 Å². The van der Waals surface area contributed by atoms with Gasteiger partial charge < -0.3 is 0 Å². The number of benzene rings is 1. The van der Waals surface area contributed by atoms with Crippen molar-refractivity contribution in [1.82, 2.24) is 16.1 Å². The van der Waals surface area contributed by atoms with Crippen molar-refractivity contribution < 1.29 is 4.39 Å². The summed E-state index contributed by atoms with van der Waals surface area (Å²) < 4.78 is 12.7. The number of nitrogens with one attached hydrogen (secondary N) is 2. The molecule has 0 atom stereocenters. The lowest BCUT2D eigenvalue weighted by Crippen LogP contribution is -2.43. The van der Waals surface area contributed by atoms with E-state index in [0.29, 0.717) is 6.54 Å². The second-order valence-electron chi connectivity index (χ2n) is 2.96. The number of hydrazine groups is 2. The van der Waals surface area contributed by atoms with Gasteiger partial charge in [0.15, 0.2) is 0 Å². The Kier molecular flexibility index (Phi) is 2.94. The minimum atomic E-state index is -0.589. The van der Waals surface area contributed by atoms with E-state index < -0.39 is 5.97 Å². The fraction of sp³-hybridized carbons (Fsp3) is 0.100. The van der Waals surface area contributed by atoms with Crippen LogP contribution in [-0.2, 0) is 6.54 Å². The number of allylic oxidation sites excluding steroid dienone is 1. The number of hydrogen-bond donors (Lipinski definition) is 2. The van der Waals surface area contributed by atoms with Gasteiger partial charge in [0.25, 0.3) is 0 Å². The molecule has 0 saturated heterocycles. The van der Waals surface area contributed by atoms with E-state index in [4.69, 9.17) is 0 Å². The highest BCUT2D eigenvalue weighted by molar-refractivity contribution is 5.85. The molecule has 1 heterocycles. The maximum Gasteiger partial charge on any atom is 0.236 e. The average Bonchev–Trinajstić information content (AvgIpc) is 2.28. The molecule has 1 radical (unpaired) electrons. The van der Waals surface area contributed by atoms with Crippen LogP contribution in [0.15, 0.2) is 41.5 Å². The van der Waals surface area contributed by atoms with Crippen LogP contribution in [0.2, 0.25) is 0 Å². The van der Waals surface area contributed by atoms with Crippen molar-refractivity contribution in [2.45, 2.75) is 6.54 Å². The van der Waals surface area contributed by atoms with Gasteiger partial charge in [0.2, 0.25) is 5.97 Å². The van der Waals surface area contributed by atoms with Gasteiger partial charge in [-0.3, -0.25) is 5.43 Å². The van der Waals surface area contributed by atoms with Crippen LogP contribution in [0, 0.1) is 6.20 Å². The third-order valence-corrected chi connectivity index (χ3v) is 1.83. The minimum Gasteiger partial charge on any atom is -0.265 e. The van der Waals surface area contributed by atoms with E-state index in [1.54, 1.807) is 0 Å². The number of rotatable bonds is 3. The molecule has 0 spiro atoms. The highest BCUT2D eigenvalue weighted by Gasteiger charge is 2.04. The maximum absolute atomic E-state index is 12.7. The molecule has 4 nitrogen and oxygen atoms in total. The summed E-state index contributed by atoms with van der Waals surface area (Å²) in [4.78, 5) is 0. The van der Waals surface area contributed by atoms with Crippen LogP contribution in [0.1, 0.15) is 5.56 Å². The number of halogens is 1. The van der Waals surface area contributed by atoms with Gasteiger partial charge in [-0.15, -0.1) is 10.3 Å². The summed E-state index contributed by atoms with van der Waals surface area (Å²) >= 11 is 0. The topological polar surface area (TPSA) is 39.7 Å². The summed E-state index contributed by atoms with van der Waals surface area (Å²) in [5.74, 6) is -0.589. The van der Waals surface area contributed by atoms with Gasteiger partial charge in [-0.2, -0.15) is 9.82 Å². The molecule has 5 heteroatoms. The van der Waals surface area contributed by atoms with Crippen molar-refractivity contribution in [2.24, 2.45) is 5.10 Å². The Bertz CT molecular complexity index is 374. The molecule has 0 saturated carbocycles. The molecule has 0 aromatic heterocycles. The first-order valence-corrected chi connectivity index (χ1v) is 4.50. The van der Waals surface area contributed by atoms with E-state index in [-0.39, 0.29) is 0 Å². The maximum atomic E-state index is 12.7. The lowest BCUT2D eigenvalue weighted by molar-refractivity contribution is 0.133. The van der Waals surface area contributed by atoms with E-state index in [2.05, 4.69) is 22.2 Å². The molecule has 77 valence electrons. The van der Waals surface area contributed by atoms with Gasteiger partial charge in [0, 0.05) is 12.6 Å². The molecule has 0 aliphatic carbocycles. The van der Waals surface area contributed by atoms with Crippen molar-refractivity contribution in [1.29, 1.82) is 0 Å². The zero-order valence-corrected chi connectivity index (χ0v) is 7.94. The Morgan fingerprint density at radius 1 is 1.40 bits per heavy atom. The van der Waals surface area contributed by atoms with Crippen molar-refractivity contribution in [3.8, 4) is 0 Å². The van der Waals surface area contributed by atoms with E-state index in [1.807, 2.05) is 30.3 Å². The van der Waals surface area contributed by atoms with Crippen LogP contribution < -0.4 is 10.9 Å². The first-order valence-electron chi connectivity index (χ1n) is 4.50. The SMILES string of the molecule is FC1=NN(NCc2ccccc2)N[C]=C1. The number of hydrazone groups is 1. The van der Waals surface area contributed by atoms with Crippen molar-refractivity contribution in [3.63, 3.8) is 0 Å². The molecule has 1 aromatic carbocycles. The Morgan fingerprint density at radius 3 is 2.93 bits per heavy atom. The Morgan fingerprint density at radius 2 is 2.20 bits per heavy atom. The fourth-order valence-corrected chi connectivity index (χ4v) is 1.14. The Hall–Kier alpha value is -1.88. The van der Waals surface area contributed by atoms with Crippen molar-refractivity contribution >= 4 is 5.97 Å². The van der Waals surface area contributed by atoms with Gasteiger partial charge in [-0.05, 0) is 5.56 Å². The standard InChI is InChI=1S/C10H10FN4/c11-10-6-7-12-15(14-10)13-8-9-4-2-1-3-5-9/h1-6,12-13H,8H2. The lowest BCUT2D eigenvalue weighted by Gasteiger charge is -2.20. The third kappa shape index (κ3) is 2.78. The highest BCUT2D eigenvalue weighted by Crippen LogP contribution is 1.99. The molecule has 0 bridgehead atoms. The van der Waals surface area contributed by atoms with E-state index in [9.17, 15) is 4.39 Å². The predicted octanol–water partition coefficient (Wildman–Crippen LogP) is 1.11. The molecule has 0 amide bonds. The number of nitrogens with zero attached hydrogens (tertiary/aromatic N) is 2. The normalized spacial score (nSPS) is 14.7. The summed E-state index contributed by atoms with van der Waals surface area (Å²) in [6.07, 6.45) is 3.63. The molecule has 1 aliphatic heterocycles. The highest BCUT2D eigenvalue weighted by atomic mass is 19.1. The Balaban J connectivity index is 1.87.